The molecule has 5 rings (SSSR count). The minimum Gasteiger partial charge on any atom is -0.489 e. The number of allylic oxidation sites excluding steroid dienone is 1. The maximum absolute atomic E-state index is 13.1. The third-order valence-corrected chi connectivity index (χ3v) is 5.39. The van der Waals surface area contributed by atoms with Gasteiger partial charge in [-0.3, -0.25) is 4.79 Å². The first-order valence-corrected chi connectivity index (χ1v) is 7.79. The summed E-state index contributed by atoms with van der Waals surface area (Å²) < 4.78 is 22.0. The molecular formula is C18H18O6. The molecule has 24 heavy (non-hydrogen) atoms. The summed E-state index contributed by atoms with van der Waals surface area (Å²) in [5, 5.41) is 0. The Hall–Kier alpha value is -2.18. The number of methoxy groups -OCH3 is 3. The van der Waals surface area contributed by atoms with Crippen molar-refractivity contribution in [2.45, 2.75) is 17.8 Å². The number of esters is 1. The van der Waals surface area contributed by atoms with Crippen LogP contribution in [-0.2, 0) is 23.8 Å². The van der Waals surface area contributed by atoms with Crippen molar-refractivity contribution in [2.75, 3.05) is 21.3 Å². The molecule has 6 nitrogen and oxygen atoms in total. The predicted octanol–water partition coefficient (Wildman–Crippen LogP) is 1.45. The summed E-state index contributed by atoms with van der Waals surface area (Å²) >= 11 is 0. The first kappa shape index (κ1) is 15.4. The average molecular weight is 330 g/mol. The third kappa shape index (κ3) is 1.67. The maximum atomic E-state index is 13.1. The lowest BCUT2D eigenvalue weighted by Gasteiger charge is -2.51. The van der Waals surface area contributed by atoms with E-state index in [2.05, 4.69) is 0 Å². The number of fused-ring (bicyclic) bond motifs is 2. The standard InChI is InChI=1S/C18H18O6/c1-21-17(20)11-8-10-13-9-6-4-5-7-12(9)24-15(13)14(11)18(22-2,23-3)16(10)19/h4-8,10,13-15H,1-3H3/t10-,13+,14+,15+/m1/s1. The van der Waals surface area contributed by atoms with Crippen molar-refractivity contribution in [3.05, 3.63) is 41.5 Å². The Morgan fingerprint density at radius 3 is 2.54 bits per heavy atom. The second-order valence-electron chi connectivity index (χ2n) is 6.20. The molecule has 0 N–H and O–H groups in total. The highest BCUT2D eigenvalue weighted by molar-refractivity contribution is 6.01. The zero-order chi connectivity index (χ0) is 17.1. The quantitative estimate of drug-likeness (QED) is 0.617. The molecule has 4 aliphatic rings. The largest absolute Gasteiger partial charge is 0.489 e. The summed E-state index contributed by atoms with van der Waals surface area (Å²) in [5.41, 5.74) is 1.35. The topological polar surface area (TPSA) is 71.1 Å². The summed E-state index contributed by atoms with van der Waals surface area (Å²) in [6.45, 7) is 0. The van der Waals surface area contributed by atoms with Gasteiger partial charge in [-0.15, -0.1) is 0 Å². The number of ketones is 1. The lowest BCUT2D eigenvalue weighted by molar-refractivity contribution is -0.251. The molecule has 6 heteroatoms. The van der Waals surface area contributed by atoms with Crippen LogP contribution in [0.15, 0.2) is 35.9 Å². The predicted molar refractivity (Wildman–Crippen MR) is 82.4 cm³/mol. The van der Waals surface area contributed by atoms with Gasteiger partial charge in [0.05, 0.1) is 18.9 Å². The van der Waals surface area contributed by atoms with Crippen LogP contribution in [0, 0.1) is 11.8 Å². The van der Waals surface area contributed by atoms with Gasteiger partial charge < -0.3 is 18.9 Å². The minimum atomic E-state index is -1.54. The first-order valence-electron chi connectivity index (χ1n) is 7.79. The normalized spacial score (nSPS) is 31.8. The van der Waals surface area contributed by atoms with E-state index in [1.165, 1.54) is 21.3 Å². The van der Waals surface area contributed by atoms with Crippen molar-refractivity contribution in [1.29, 1.82) is 0 Å². The smallest absolute Gasteiger partial charge is 0.334 e. The van der Waals surface area contributed by atoms with Gasteiger partial charge in [0.25, 0.3) is 0 Å². The van der Waals surface area contributed by atoms with Gasteiger partial charge in [0.1, 0.15) is 11.9 Å². The number of Topliss-reactive ketones (excluding diaryl/α,β-unsaturated/α-hetero) is 1. The van der Waals surface area contributed by atoms with Gasteiger partial charge in [0.2, 0.25) is 5.79 Å². The number of rotatable bonds is 3. The monoisotopic (exact) mass is 330 g/mol. The molecule has 2 bridgehead atoms. The Kier molecular flexibility index (Phi) is 3.30. The van der Waals surface area contributed by atoms with Crippen LogP contribution >= 0.6 is 0 Å². The van der Waals surface area contributed by atoms with Crippen LogP contribution in [0.1, 0.15) is 11.5 Å². The molecule has 1 aromatic carbocycles. The van der Waals surface area contributed by atoms with E-state index in [-0.39, 0.29) is 11.7 Å². The number of ether oxygens (including phenoxy) is 4. The summed E-state index contributed by atoms with van der Waals surface area (Å²) in [6.07, 6.45) is 1.28. The highest BCUT2D eigenvalue weighted by Crippen LogP contribution is 2.58. The summed E-state index contributed by atoms with van der Waals surface area (Å²) in [7, 11) is 4.14. The van der Waals surface area contributed by atoms with Crippen LogP contribution in [0.2, 0.25) is 0 Å². The van der Waals surface area contributed by atoms with Gasteiger partial charge in [-0.25, -0.2) is 4.79 Å². The Morgan fingerprint density at radius 2 is 1.88 bits per heavy atom. The average Bonchev–Trinajstić information content (AvgIpc) is 3.02. The van der Waals surface area contributed by atoms with Crippen LogP contribution in [0.3, 0.4) is 0 Å². The maximum Gasteiger partial charge on any atom is 0.334 e. The van der Waals surface area contributed by atoms with E-state index in [9.17, 15) is 9.59 Å². The van der Waals surface area contributed by atoms with Gasteiger partial charge >= 0.3 is 5.97 Å². The molecule has 1 aromatic rings. The second kappa shape index (κ2) is 5.16. The number of para-hydroxylation sites is 1. The van der Waals surface area contributed by atoms with Crippen molar-refractivity contribution in [3.8, 4) is 5.75 Å². The zero-order valence-electron chi connectivity index (χ0n) is 13.6. The van der Waals surface area contributed by atoms with Crippen molar-refractivity contribution in [3.63, 3.8) is 0 Å². The van der Waals surface area contributed by atoms with Gasteiger partial charge in [-0.1, -0.05) is 24.3 Å². The molecule has 0 aromatic heterocycles. The Labute approximate surface area is 139 Å². The molecule has 0 unspecified atom stereocenters. The van der Waals surface area contributed by atoms with Crippen LogP contribution in [0.4, 0.5) is 0 Å². The van der Waals surface area contributed by atoms with Gasteiger partial charge in [-0.2, -0.15) is 0 Å². The number of carbonyl (C=O) groups is 2. The van der Waals surface area contributed by atoms with E-state index in [1.807, 2.05) is 24.3 Å². The number of carbonyl (C=O) groups excluding carboxylic acids is 2. The fourth-order valence-electron chi connectivity index (χ4n) is 4.41. The molecule has 0 spiro atoms. The van der Waals surface area contributed by atoms with E-state index < -0.39 is 29.7 Å². The van der Waals surface area contributed by atoms with Gasteiger partial charge in [0, 0.05) is 31.3 Å². The van der Waals surface area contributed by atoms with Crippen LogP contribution in [0.5, 0.6) is 5.75 Å². The summed E-state index contributed by atoms with van der Waals surface area (Å²) in [5.74, 6) is -2.87. The van der Waals surface area contributed by atoms with Gasteiger partial charge in [0.15, 0.2) is 5.78 Å². The molecule has 3 aliphatic carbocycles. The van der Waals surface area contributed by atoms with E-state index in [1.54, 1.807) is 6.08 Å². The molecule has 1 fully saturated rings. The third-order valence-electron chi connectivity index (χ3n) is 5.39. The second-order valence-corrected chi connectivity index (χ2v) is 6.20. The molecule has 0 amide bonds. The number of hydrogen-bond donors (Lipinski definition) is 0. The molecular weight excluding hydrogens is 312 g/mol. The van der Waals surface area contributed by atoms with Crippen LogP contribution in [0.25, 0.3) is 0 Å². The number of hydrogen-bond acceptors (Lipinski definition) is 6. The first-order chi connectivity index (χ1) is 11.6. The molecule has 0 radical (unpaired) electrons. The Balaban J connectivity index is 1.91. The highest BCUT2D eigenvalue weighted by Gasteiger charge is 2.68. The molecule has 1 saturated carbocycles. The Morgan fingerprint density at radius 1 is 1.17 bits per heavy atom. The highest BCUT2D eigenvalue weighted by atomic mass is 16.7. The Bertz CT molecular complexity index is 748. The van der Waals surface area contributed by atoms with Crippen molar-refractivity contribution < 1.29 is 28.5 Å². The minimum absolute atomic E-state index is 0.148. The summed E-state index contributed by atoms with van der Waals surface area (Å²) in [6, 6.07) is 7.63. The lowest BCUT2D eigenvalue weighted by Crippen LogP contribution is -2.66. The molecule has 4 atom stereocenters. The van der Waals surface area contributed by atoms with Crippen LogP contribution in [-0.4, -0.2) is 45.0 Å². The van der Waals surface area contributed by atoms with E-state index in [4.69, 9.17) is 18.9 Å². The zero-order valence-corrected chi connectivity index (χ0v) is 13.6. The molecule has 0 saturated heterocycles. The van der Waals surface area contributed by atoms with Gasteiger partial charge in [-0.05, 0) is 6.07 Å². The number of benzene rings is 1. The lowest BCUT2D eigenvalue weighted by atomic mass is 9.59. The van der Waals surface area contributed by atoms with Crippen LogP contribution < -0.4 is 4.74 Å². The van der Waals surface area contributed by atoms with Crippen molar-refractivity contribution >= 4 is 11.8 Å². The SMILES string of the molecule is COC(=O)C1=C[C@H]2C(=O)C(OC)(OC)[C@@H]1[C@H]1Oc3ccccc3[C@H]12. The molecule has 126 valence electrons. The van der Waals surface area contributed by atoms with Crippen molar-refractivity contribution in [1.82, 2.24) is 0 Å². The fourth-order valence-corrected chi connectivity index (χ4v) is 4.41. The van der Waals surface area contributed by atoms with E-state index >= 15 is 0 Å². The molecule has 1 heterocycles. The van der Waals surface area contributed by atoms with Crippen molar-refractivity contribution in [2.24, 2.45) is 11.8 Å². The summed E-state index contributed by atoms with van der Waals surface area (Å²) in [4.78, 5) is 25.4. The van der Waals surface area contributed by atoms with E-state index in [0.717, 1.165) is 11.3 Å². The molecule has 1 aliphatic heterocycles. The fraction of sp³-hybridized carbons (Fsp3) is 0.444. The van der Waals surface area contributed by atoms with E-state index in [0.29, 0.717) is 5.57 Å².